The molecule has 1 heterocycles. The zero-order valence-electron chi connectivity index (χ0n) is 14.6. The van der Waals surface area contributed by atoms with E-state index in [1.165, 1.54) is 0 Å². The largest absolute Gasteiger partial charge is 0.490 e. The summed E-state index contributed by atoms with van der Waals surface area (Å²) in [5.41, 5.74) is 0.903. The topological polar surface area (TPSA) is 64.4 Å². The molecule has 24 heavy (non-hydrogen) atoms. The maximum Gasteiger partial charge on any atom is 0.216 e. The fraction of sp³-hybridized carbons (Fsp3) is 0.471. The van der Waals surface area contributed by atoms with Gasteiger partial charge in [-0.25, -0.2) is 0 Å². The average molecular weight is 348 g/mol. The lowest BCUT2D eigenvalue weighted by atomic mass is 10.2. The van der Waals surface area contributed by atoms with Gasteiger partial charge in [0.15, 0.2) is 17.3 Å². The van der Waals surface area contributed by atoms with Crippen LogP contribution in [0.15, 0.2) is 23.3 Å². The molecule has 2 aromatic rings. The highest BCUT2D eigenvalue weighted by atomic mass is 32.1. The van der Waals surface area contributed by atoms with Gasteiger partial charge in [-0.05, 0) is 63.2 Å². The molecule has 0 bridgehead atoms. The van der Waals surface area contributed by atoms with Crippen LogP contribution in [0, 0.1) is 4.77 Å². The summed E-state index contributed by atoms with van der Waals surface area (Å²) in [7, 11) is 0. The number of ether oxygens (including phenoxy) is 2. The van der Waals surface area contributed by atoms with E-state index in [-0.39, 0.29) is 6.10 Å². The molecule has 6 nitrogen and oxygen atoms in total. The monoisotopic (exact) mass is 348 g/mol. The van der Waals surface area contributed by atoms with E-state index in [0.29, 0.717) is 17.1 Å². The van der Waals surface area contributed by atoms with Crippen molar-refractivity contribution in [1.82, 2.24) is 14.9 Å². The van der Waals surface area contributed by atoms with Crippen molar-refractivity contribution >= 4 is 18.4 Å². The summed E-state index contributed by atoms with van der Waals surface area (Å²) in [5, 5.41) is 11.4. The molecule has 0 saturated carbocycles. The van der Waals surface area contributed by atoms with E-state index in [1.807, 2.05) is 39.0 Å². The van der Waals surface area contributed by atoms with Gasteiger partial charge in [-0.3, -0.25) is 5.10 Å². The van der Waals surface area contributed by atoms with Crippen molar-refractivity contribution in [2.75, 3.05) is 6.61 Å². The second-order valence-electron chi connectivity index (χ2n) is 5.56. The summed E-state index contributed by atoms with van der Waals surface area (Å²) in [4.78, 5) is 0. The van der Waals surface area contributed by atoms with E-state index in [0.717, 1.165) is 30.0 Å². The smallest absolute Gasteiger partial charge is 0.216 e. The Hall–Kier alpha value is -2.15. The number of H-pyrrole nitrogens is 1. The maximum atomic E-state index is 5.77. The Kier molecular flexibility index (Phi) is 6.54. The zero-order chi connectivity index (χ0) is 17.5. The second kappa shape index (κ2) is 8.63. The molecule has 0 fully saturated rings. The number of hydrogen-bond acceptors (Lipinski definition) is 5. The van der Waals surface area contributed by atoms with Crippen molar-refractivity contribution in [2.24, 2.45) is 5.10 Å². The number of aromatic nitrogens is 3. The van der Waals surface area contributed by atoms with Gasteiger partial charge in [-0.15, -0.1) is 0 Å². The van der Waals surface area contributed by atoms with E-state index in [9.17, 15) is 0 Å². The number of nitrogens with one attached hydrogen (secondary N) is 1. The van der Waals surface area contributed by atoms with E-state index < -0.39 is 0 Å². The summed E-state index contributed by atoms with van der Waals surface area (Å²) in [6.45, 7) is 8.58. The number of nitrogens with zero attached hydrogens (tertiary/aromatic N) is 3. The van der Waals surface area contributed by atoms with Gasteiger partial charge < -0.3 is 9.47 Å². The summed E-state index contributed by atoms with van der Waals surface area (Å²) < 4.78 is 13.6. The normalized spacial score (nSPS) is 11.4. The van der Waals surface area contributed by atoms with Crippen LogP contribution in [0.25, 0.3) is 0 Å². The van der Waals surface area contributed by atoms with Crippen LogP contribution in [-0.2, 0) is 6.42 Å². The number of rotatable bonds is 8. The first kappa shape index (κ1) is 18.2. The number of hydrogen-bond donors (Lipinski definition) is 1. The first-order valence-electron chi connectivity index (χ1n) is 8.19. The van der Waals surface area contributed by atoms with Crippen molar-refractivity contribution in [3.05, 3.63) is 34.4 Å². The molecular formula is C17H24N4O2S. The molecule has 0 atom stereocenters. The molecule has 0 saturated heterocycles. The van der Waals surface area contributed by atoms with Crippen molar-refractivity contribution < 1.29 is 9.47 Å². The first-order chi connectivity index (χ1) is 11.5. The minimum atomic E-state index is 0.0876. The van der Waals surface area contributed by atoms with E-state index in [1.54, 1.807) is 10.9 Å². The van der Waals surface area contributed by atoms with Crippen molar-refractivity contribution in [1.29, 1.82) is 0 Å². The van der Waals surface area contributed by atoms with Gasteiger partial charge in [0.05, 0.1) is 18.9 Å². The van der Waals surface area contributed by atoms with Gasteiger partial charge in [0.2, 0.25) is 4.77 Å². The van der Waals surface area contributed by atoms with Crippen molar-refractivity contribution in [3.63, 3.8) is 0 Å². The van der Waals surface area contributed by atoms with Crippen LogP contribution in [0.4, 0.5) is 0 Å². The molecule has 1 aromatic carbocycles. The van der Waals surface area contributed by atoms with Crippen LogP contribution in [0.3, 0.4) is 0 Å². The van der Waals surface area contributed by atoms with Crippen molar-refractivity contribution in [3.8, 4) is 11.5 Å². The minimum Gasteiger partial charge on any atom is -0.490 e. The molecule has 7 heteroatoms. The predicted octanol–water partition coefficient (Wildman–Crippen LogP) is 3.96. The molecule has 0 aliphatic heterocycles. The highest BCUT2D eigenvalue weighted by molar-refractivity contribution is 7.71. The molecule has 1 aromatic heterocycles. The van der Waals surface area contributed by atoms with Gasteiger partial charge in [-0.2, -0.15) is 14.9 Å². The lowest BCUT2D eigenvalue weighted by Gasteiger charge is -2.14. The lowest BCUT2D eigenvalue weighted by Crippen LogP contribution is -2.07. The maximum absolute atomic E-state index is 5.77. The number of aryl methyl sites for hydroxylation is 1. The first-order valence-corrected chi connectivity index (χ1v) is 8.60. The standard InChI is InChI=1S/C17H24N4O2S/c1-5-7-16-19-20-17(24)21(16)18-11-13-8-9-14(23-12(3)4)15(10-13)22-6-2/h8-12H,5-7H2,1-4H3,(H,20,24)/b18-11-. The highest BCUT2D eigenvalue weighted by Gasteiger charge is 2.08. The summed E-state index contributed by atoms with van der Waals surface area (Å²) >= 11 is 5.22. The predicted molar refractivity (Wildman–Crippen MR) is 97.8 cm³/mol. The van der Waals surface area contributed by atoms with E-state index >= 15 is 0 Å². The van der Waals surface area contributed by atoms with Crippen LogP contribution in [0.2, 0.25) is 0 Å². The molecule has 0 radical (unpaired) electrons. The SMILES string of the molecule is CCCc1n[nH]c(=S)n1/N=C\c1ccc(OC(C)C)c(OCC)c1. The third kappa shape index (κ3) is 4.67. The van der Waals surface area contributed by atoms with Gasteiger partial charge in [0, 0.05) is 6.42 Å². The molecule has 1 N–H and O–H groups in total. The zero-order valence-corrected chi connectivity index (χ0v) is 15.4. The number of aromatic amines is 1. The molecule has 0 aliphatic carbocycles. The van der Waals surface area contributed by atoms with Gasteiger partial charge in [0.25, 0.3) is 0 Å². The fourth-order valence-corrected chi connectivity index (χ4v) is 2.38. The summed E-state index contributed by atoms with van der Waals surface area (Å²) in [6.07, 6.45) is 3.62. The quantitative estimate of drug-likeness (QED) is 0.579. The second-order valence-corrected chi connectivity index (χ2v) is 5.94. The third-order valence-corrected chi connectivity index (χ3v) is 3.41. The highest BCUT2D eigenvalue weighted by Crippen LogP contribution is 2.29. The molecule has 0 amide bonds. The average Bonchev–Trinajstić information content (AvgIpc) is 2.88. The lowest BCUT2D eigenvalue weighted by molar-refractivity contribution is 0.224. The Labute approximate surface area is 147 Å². The van der Waals surface area contributed by atoms with Crippen LogP contribution in [0.5, 0.6) is 11.5 Å². The summed E-state index contributed by atoms with van der Waals surface area (Å²) in [5.74, 6) is 2.26. The minimum absolute atomic E-state index is 0.0876. The number of benzene rings is 1. The molecule has 0 aliphatic rings. The van der Waals surface area contributed by atoms with Crippen LogP contribution in [-0.4, -0.2) is 33.8 Å². The fourth-order valence-electron chi connectivity index (χ4n) is 2.18. The Bertz CT molecular complexity index is 749. The Morgan fingerprint density at radius 1 is 1.33 bits per heavy atom. The summed E-state index contributed by atoms with van der Waals surface area (Å²) in [6, 6.07) is 5.74. The molecule has 0 spiro atoms. The third-order valence-electron chi connectivity index (χ3n) is 3.14. The van der Waals surface area contributed by atoms with Crippen LogP contribution in [0.1, 0.15) is 45.5 Å². The van der Waals surface area contributed by atoms with Crippen LogP contribution >= 0.6 is 12.2 Å². The molecule has 0 unspecified atom stereocenters. The van der Waals surface area contributed by atoms with Crippen molar-refractivity contribution in [2.45, 2.75) is 46.6 Å². The molecular weight excluding hydrogens is 324 g/mol. The Morgan fingerprint density at radius 3 is 2.79 bits per heavy atom. The Balaban J connectivity index is 2.28. The molecule has 130 valence electrons. The van der Waals surface area contributed by atoms with Gasteiger partial charge >= 0.3 is 0 Å². The van der Waals surface area contributed by atoms with Gasteiger partial charge in [-0.1, -0.05) is 6.92 Å². The van der Waals surface area contributed by atoms with Gasteiger partial charge in [0.1, 0.15) is 0 Å². The Morgan fingerprint density at radius 2 is 2.12 bits per heavy atom. The van der Waals surface area contributed by atoms with E-state index in [4.69, 9.17) is 21.7 Å². The van der Waals surface area contributed by atoms with Crippen LogP contribution < -0.4 is 9.47 Å². The molecule has 2 rings (SSSR count). The van der Waals surface area contributed by atoms with E-state index in [2.05, 4.69) is 22.2 Å².